The van der Waals surface area contributed by atoms with Crippen LogP contribution in [0.5, 0.6) is 0 Å². The highest BCUT2D eigenvalue weighted by Crippen LogP contribution is 2.41. The van der Waals surface area contributed by atoms with Crippen LogP contribution in [-0.4, -0.2) is 39.1 Å². The molecular formula is C33H32N4O3. The molecule has 0 aliphatic heterocycles. The molecule has 3 aromatic carbocycles. The highest BCUT2D eigenvalue weighted by molar-refractivity contribution is 6.03. The van der Waals surface area contributed by atoms with Gasteiger partial charge in [-0.1, -0.05) is 54.6 Å². The van der Waals surface area contributed by atoms with E-state index in [-0.39, 0.29) is 5.91 Å². The summed E-state index contributed by atoms with van der Waals surface area (Å²) in [4.78, 5) is 31.0. The molecule has 6 rings (SSSR count). The maximum absolute atomic E-state index is 14.6. The number of esters is 1. The molecule has 40 heavy (non-hydrogen) atoms. The molecule has 0 saturated heterocycles. The van der Waals surface area contributed by atoms with E-state index in [0.717, 1.165) is 49.4 Å². The van der Waals surface area contributed by atoms with E-state index in [4.69, 9.17) is 4.74 Å². The van der Waals surface area contributed by atoms with Crippen molar-refractivity contribution in [2.24, 2.45) is 14.1 Å². The summed E-state index contributed by atoms with van der Waals surface area (Å²) in [6, 6.07) is 23.2. The smallest absolute Gasteiger partial charge is 0.328 e. The van der Waals surface area contributed by atoms with E-state index in [9.17, 15) is 9.59 Å². The third-order valence-corrected chi connectivity index (χ3v) is 8.22. The van der Waals surface area contributed by atoms with Crippen LogP contribution < -0.4 is 5.32 Å². The second-order valence-electron chi connectivity index (χ2n) is 10.6. The number of carbonyl (C=O) groups excluding carboxylic acids is 2. The number of amides is 1. The van der Waals surface area contributed by atoms with Gasteiger partial charge in [0.15, 0.2) is 0 Å². The minimum absolute atomic E-state index is 0.268. The number of nitrogens with zero attached hydrogens (tertiary/aromatic N) is 2. The zero-order valence-corrected chi connectivity index (χ0v) is 23.1. The molecule has 202 valence electrons. The van der Waals surface area contributed by atoms with Crippen molar-refractivity contribution in [3.63, 3.8) is 0 Å². The van der Waals surface area contributed by atoms with Crippen molar-refractivity contribution in [1.29, 1.82) is 0 Å². The molecular weight excluding hydrogens is 500 g/mol. The van der Waals surface area contributed by atoms with Gasteiger partial charge in [0, 0.05) is 71.8 Å². The topological polar surface area (TPSA) is 81.1 Å². The van der Waals surface area contributed by atoms with Gasteiger partial charge in [-0.05, 0) is 41.8 Å². The van der Waals surface area contributed by atoms with Crippen LogP contribution in [0.25, 0.3) is 32.7 Å². The number of H-pyrrole nitrogens is 1. The number of hydrogen-bond acceptors (Lipinski definition) is 3. The van der Waals surface area contributed by atoms with Crippen LogP contribution in [-0.2, 0) is 40.3 Å². The highest BCUT2D eigenvalue weighted by atomic mass is 16.5. The fourth-order valence-electron chi connectivity index (χ4n) is 6.03. The molecule has 0 bridgehead atoms. The molecule has 3 heterocycles. The highest BCUT2D eigenvalue weighted by Gasteiger charge is 2.43. The van der Waals surface area contributed by atoms with Crippen molar-refractivity contribution in [3.8, 4) is 0 Å². The number of nitrogens with one attached hydrogen (secondary N) is 2. The summed E-state index contributed by atoms with van der Waals surface area (Å²) in [5.41, 5.74) is 4.59. The summed E-state index contributed by atoms with van der Waals surface area (Å²) in [6.45, 7) is 1.95. The Morgan fingerprint density at radius 2 is 1.38 bits per heavy atom. The number of benzene rings is 3. The quantitative estimate of drug-likeness (QED) is 0.272. The van der Waals surface area contributed by atoms with Crippen LogP contribution in [0.4, 0.5) is 0 Å². The lowest BCUT2D eigenvalue weighted by atomic mass is 9.75. The first-order valence-electron chi connectivity index (χ1n) is 13.4. The summed E-state index contributed by atoms with van der Waals surface area (Å²) in [5, 5.41) is 6.10. The molecule has 3 aromatic heterocycles. The molecule has 0 unspecified atom stereocenters. The average Bonchev–Trinajstić information content (AvgIpc) is 3.66. The fourth-order valence-corrected chi connectivity index (χ4v) is 6.03. The van der Waals surface area contributed by atoms with Gasteiger partial charge < -0.3 is 24.2 Å². The Labute approximate surface area is 232 Å². The standard InChI is InChI=1S/C33H32N4O3/c1-33(25-19-36(2)29-15-9-6-12-23(25)29,26-20-37(3)30-16-10-7-13-24(26)30)32(39)35-28(31(38)40-4)17-21-18-34-27-14-8-5-11-22(21)27/h5-16,18-20,28,34H,17H2,1-4H3,(H,35,39)/t28-/m0/s1. The summed E-state index contributed by atoms with van der Waals surface area (Å²) in [6.07, 6.45) is 6.24. The number of aromatic nitrogens is 3. The number of fused-ring (bicyclic) bond motifs is 3. The molecule has 0 fully saturated rings. The van der Waals surface area contributed by atoms with Crippen molar-refractivity contribution in [2.75, 3.05) is 7.11 Å². The number of methoxy groups -OCH3 is 1. The van der Waals surface area contributed by atoms with Gasteiger partial charge in [-0.3, -0.25) is 4.79 Å². The first-order valence-corrected chi connectivity index (χ1v) is 13.4. The van der Waals surface area contributed by atoms with E-state index < -0.39 is 17.4 Å². The Morgan fingerprint density at radius 1 is 0.850 bits per heavy atom. The van der Waals surface area contributed by atoms with Gasteiger partial charge in [-0.15, -0.1) is 0 Å². The van der Waals surface area contributed by atoms with E-state index in [2.05, 4.69) is 22.4 Å². The Balaban J connectivity index is 1.49. The first-order chi connectivity index (χ1) is 19.3. The number of carbonyl (C=O) groups is 2. The molecule has 1 atom stereocenters. The van der Waals surface area contributed by atoms with Gasteiger partial charge in [0.2, 0.25) is 5.91 Å². The molecule has 0 saturated carbocycles. The Kier molecular flexibility index (Phi) is 6.22. The van der Waals surface area contributed by atoms with E-state index >= 15 is 0 Å². The lowest BCUT2D eigenvalue weighted by Crippen LogP contribution is -2.51. The van der Waals surface area contributed by atoms with Crippen LogP contribution in [0.2, 0.25) is 0 Å². The Hall–Kier alpha value is -4.78. The van der Waals surface area contributed by atoms with Crippen molar-refractivity contribution in [1.82, 2.24) is 19.4 Å². The lowest BCUT2D eigenvalue weighted by Gasteiger charge is -2.30. The fraction of sp³-hybridized carbons (Fsp3) is 0.212. The molecule has 0 aliphatic rings. The number of aryl methyl sites for hydroxylation is 2. The van der Waals surface area contributed by atoms with Gasteiger partial charge in [-0.25, -0.2) is 4.79 Å². The predicted molar refractivity (Wildman–Crippen MR) is 158 cm³/mol. The first kappa shape index (κ1) is 25.5. The third kappa shape index (κ3) is 3.97. The molecule has 2 N–H and O–H groups in total. The SMILES string of the molecule is COC(=O)[C@H](Cc1c[nH]c2ccccc12)NC(=O)C(C)(c1cn(C)c2ccccc12)c1cn(C)c2ccccc12. The molecule has 0 spiro atoms. The maximum Gasteiger partial charge on any atom is 0.328 e. The van der Waals surface area contributed by atoms with Gasteiger partial charge in [-0.2, -0.15) is 0 Å². The van der Waals surface area contributed by atoms with E-state index in [0.29, 0.717) is 6.42 Å². The summed E-state index contributed by atoms with van der Waals surface area (Å²) in [5.74, 6) is -0.757. The van der Waals surface area contributed by atoms with Crippen molar-refractivity contribution in [2.45, 2.75) is 24.8 Å². The van der Waals surface area contributed by atoms with Crippen molar-refractivity contribution >= 4 is 44.6 Å². The average molecular weight is 533 g/mol. The second-order valence-corrected chi connectivity index (χ2v) is 10.6. The van der Waals surface area contributed by atoms with Crippen LogP contribution in [0, 0.1) is 0 Å². The van der Waals surface area contributed by atoms with Gasteiger partial charge in [0.05, 0.1) is 7.11 Å². The van der Waals surface area contributed by atoms with E-state index in [1.54, 1.807) is 0 Å². The normalized spacial score (nSPS) is 12.7. The van der Waals surface area contributed by atoms with Crippen LogP contribution >= 0.6 is 0 Å². The number of rotatable bonds is 7. The zero-order valence-electron chi connectivity index (χ0n) is 23.1. The summed E-state index contributed by atoms with van der Waals surface area (Å²) in [7, 11) is 5.33. The third-order valence-electron chi connectivity index (χ3n) is 8.22. The van der Waals surface area contributed by atoms with Gasteiger partial charge >= 0.3 is 5.97 Å². The second kappa shape index (κ2) is 9.75. The number of aromatic amines is 1. The Morgan fingerprint density at radius 3 is 1.95 bits per heavy atom. The van der Waals surface area contributed by atoms with Crippen LogP contribution in [0.3, 0.4) is 0 Å². The number of ether oxygens (including phenoxy) is 1. The van der Waals surface area contributed by atoms with Crippen LogP contribution in [0.15, 0.2) is 91.4 Å². The van der Waals surface area contributed by atoms with E-state index in [1.807, 2.05) is 109 Å². The van der Waals surface area contributed by atoms with E-state index in [1.165, 1.54) is 7.11 Å². The molecule has 1 amide bonds. The molecule has 6 aromatic rings. The van der Waals surface area contributed by atoms with Crippen molar-refractivity contribution < 1.29 is 14.3 Å². The number of para-hydroxylation sites is 3. The minimum Gasteiger partial charge on any atom is -0.467 e. The van der Waals surface area contributed by atoms with Gasteiger partial charge in [0.1, 0.15) is 11.5 Å². The molecule has 0 radical (unpaired) electrons. The summed E-state index contributed by atoms with van der Waals surface area (Å²) < 4.78 is 9.27. The molecule has 7 nitrogen and oxygen atoms in total. The largest absolute Gasteiger partial charge is 0.467 e. The predicted octanol–water partition coefficient (Wildman–Crippen LogP) is 5.36. The number of hydrogen-bond donors (Lipinski definition) is 2. The van der Waals surface area contributed by atoms with Gasteiger partial charge in [0.25, 0.3) is 0 Å². The van der Waals surface area contributed by atoms with Crippen LogP contribution in [0.1, 0.15) is 23.6 Å². The monoisotopic (exact) mass is 532 g/mol. The minimum atomic E-state index is -1.12. The zero-order chi connectivity index (χ0) is 28.0. The molecule has 7 heteroatoms. The molecule has 0 aliphatic carbocycles. The summed E-state index contributed by atoms with van der Waals surface area (Å²) >= 11 is 0. The maximum atomic E-state index is 14.6. The van der Waals surface area contributed by atoms with Crippen molar-refractivity contribution in [3.05, 3.63) is 108 Å². The Bertz CT molecular complexity index is 1810. The lowest BCUT2D eigenvalue weighted by molar-refractivity contribution is -0.145.